The summed E-state index contributed by atoms with van der Waals surface area (Å²) in [7, 11) is 0. The number of aromatic amines is 1. The first kappa shape index (κ1) is 14.0. The van der Waals surface area contributed by atoms with Crippen molar-refractivity contribution in [1.82, 2.24) is 14.9 Å². The van der Waals surface area contributed by atoms with Crippen molar-refractivity contribution in [2.45, 2.75) is 32.4 Å². The number of carbonyl (C=O) groups excluding carboxylic acids is 1. The van der Waals surface area contributed by atoms with E-state index in [0.717, 1.165) is 12.2 Å². The van der Waals surface area contributed by atoms with Gasteiger partial charge in [-0.05, 0) is 18.4 Å². The molecule has 2 heterocycles. The van der Waals surface area contributed by atoms with Gasteiger partial charge in [0.25, 0.3) is 0 Å². The van der Waals surface area contributed by atoms with Gasteiger partial charge in [-0.25, -0.2) is 4.98 Å². The SMILES string of the molecule is C=C1C(=O)C(Cc2cnc[nH]2)N(CC(C)O)CC1C. The molecule has 5 heteroatoms. The van der Waals surface area contributed by atoms with E-state index in [9.17, 15) is 9.90 Å². The summed E-state index contributed by atoms with van der Waals surface area (Å²) in [6, 6.07) is -0.251. The lowest BCUT2D eigenvalue weighted by atomic mass is 9.86. The molecule has 0 amide bonds. The van der Waals surface area contributed by atoms with Gasteiger partial charge in [0.2, 0.25) is 0 Å². The van der Waals surface area contributed by atoms with Crippen molar-refractivity contribution < 1.29 is 9.90 Å². The third-order valence-corrected chi connectivity index (χ3v) is 3.63. The molecule has 0 bridgehead atoms. The minimum atomic E-state index is -0.448. The first-order valence-electron chi connectivity index (χ1n) is 6.61. The number of ketones is 1. The number of nitrogens with zero attached hydrogens (tertiary/aromatic N) is 2. The van der Waals surface area contributed by atoms with Crippen molar-refractivity contribution in [2.75, 3.05) is 13.1 Å². The van der Waals surface area contributed by atoms with E-state index >= 15 is 0 Å². The molecule has 1 aromatic rings. The first-order chi connectivity index (χ1) is 8.99. The van der Waals surface area contributed by atoms with E-state index in [1.807, 2.05) is 11.8 Å². The predicted octanol–water partition coefficient (Wildman–Crippen LogP) is 0.779. The maximum atomic E-state index is 12.4. The average Bonchev–Trinajstić information content (AvgIpc) is 2.84. The lowest BCUT2D eigenvalue weighted by Crippen LogP contribution is -2.52. The largest absolute Gasteiger partial charge is 0.392 e. The first-order valence-corrected chi connectivity index (χ1v) is 6.61. The minimum absolute atomic E-state index is 0.0778. The van der Waals surface area contributed by atoms with Gasteiger partial charge in [-0.3, -0.25) is 9.69 Å². The van der Waals surface area contributed by atoms with Gasteiger partial charge in [-0.2, -0.15) is 0 Å². The Morgan fingerprint density at radius 3 is 3.00 bits per heavy atom. The number of rotatable bonds is 4. The summed E-state index contributed by atoms with van der Waals surface area (Å²) in [6.45, 7) is 8.91. The number of β-amino-alcohol motifs (C(OH)–C–C–N with tert-alkyl or cyclic N) is 1. The lowest BCUT2D eigenvalue weighted by Gasteiger charge is -2.39. The Morgan fingerprint density at radius 2 is 2.42 bits per heavy atom. The van der Waals surface area contributed by atoms with Crippen LogP contribution in [0.25, 0.3) is 0 Å². The zero-order valence-corrected chi connectivity index (χ0v) is 11.5. The Bertz CT molecular complexity index is 453. The number of nitrogens with one attached hydrogen (secondary N) is 1. The van der Waals surface area contributed by atoms with Crippen LogP contribution in [0, 0.1) is 5.92 Å². The van der Waals surface area contributed by atoms with Gasteiger partial charge in [0, 0.05) is 31.4 Å². The Hall–Kier alpha value is -1.46. The van der Waals surface area contributed by atoms with Crippen molar-refractivity contribution >= 4 is 5.78 Å². The molecule has 3 unspecified atom stereocenters. The molecule has 1 aliphatic heterocycles. The quantitative estimate of drug-likeness (QED) is 0.788. The number of aliphatic hydroxyl groups is 1. The molecule has 1 fully saturated rings. The molecule has 0 radical (unpaired) electrons. The van der Waals surface area contributed by atoms with Crippen molar-refractivity contribution in [3.63, 3.8) is 0 Å². The number of piperidine rings is 1. The molecule has 0 aliphatic carbocycles. The highest BCUT2D eigenvalue weighted by Gasteiger charge is 2.36. The lowest BCUT2D eigenvalue weighted by molar-refractivity contribution is -0.124. The van der Waals surface area contributed by atoms with Gasteiger partial charge < -0.3 is 10.1 Å². The second-order valence-electron chi connectivity index (χ2n) is 5.39. The molecule has 2 rings (SSSR count). The zero-order valence-electron chi connectivity index (χ0n) is 11.5. The average molecular weight is 263 g/mol. The molecule has 104 valence electrons. The Labute approximate surface area is 113 Å². The summed E-state index contributed by atoms with van der Waals surface area (Å²) in [5.74, 6) is 0.221. The Kier molecular flexibility index (Phi) is 4.17. The predicted molar refractivity (Wildman–Crippen MR) is 72.6 cm³/mol. The van der Waals surface area contributed by atoms with Crippen LogP contribution in [-0.2, 0) is 11.2 Å². The molecule has 0 aromatic carbocycles. The van der Waals surface area contributed by atoms with E-state index in [-0.39, 0.29) is 17.7 Å². The summed E-state index contributed by atoms with van der Waals surface area (Å²) >= 11 is 0. The number of aliphatic hydroxyl groups excluding tert-OH is 1. The highest BCUT2D eigenvalue weighted by Crippen LogP contribution is 2.25. The third kappa shape index (κ3) is 3.11. The van der Waals surface area contributed by atoms with Crippen LogP contribution in [0.3, 0.4) is 0 Å². The standard InChI is InChI=1S/C14H21N3O2/c1-9-6-17(7-10(2)18)13(14(19)11(9)3)4-12-5-15-8-16-12/h5,8-10,13,18H,3-4,6-7H2,1-2H3,(H,15,16). The number of hydrogen-bond donors (Lipinski definition) is 2. The minimum Gasteiger partial charge on any atom is -0.392 e. The fourth-order valence-electron chi connectivity index (χ4n) is 2.58. The summed E-state index contributed by atoms with van der Waals surface area (Å²) in [4.78, 5) is 21.4. The van der Waals surface area contributed by atoms with Crippen LogP contribution in [0.4, 0.5) is 0 Å². The Morgan fingerprint density at radius 1 is 1.68 bits per heavy atom. The highest BCUT2D eigenvalue weighted by atomic mass is 16.3. The van der Waals surface area contributed by atoms with Gasteiger partial charge in [0.15, 0.2) is 5.78 Å². The van der Waals surface area contributed by atoms with E-state index in [4.69, 9.17) is 0 Å². The number of H-pyrrole nitrogens is 1. The van der Waals surface area contributed by atoms with E-state index in [1.54, 1.807) is 19.4 Å². The molecule has 5 nitrogen and oxygen atoms in total. The summed E-state index contributed by atoms with van der Waals surface area (Å²) < 4.78 is 0. The van der Waals surface area contributed by atoms with Gasteiger partial charge in [-0.15, -0.1) is 0 Å². The molecular weight excluding hydrogens is 242 g/mol. The number of carbonyl (C=O) groups is 1. The number of aromatic nitrogens is 2. The molecule has 2 N–H and O–H groups in total. The van der Waals surface area contributed by atoms with E-state index < -0.39 is 6.10 Å². The fraction of sp³-hybridized carbons (Fsp3) is 0.571. The van der Waals surface area contributed by atoms with Crippen LogP contribution in [0.2, 0.25) is 0 Å². The van der Waals surface area contributed by atoms with Crippen LogP contribution in [0.1, 0.15) is 19.5 Å². The molecular formula is C14H21N3O2. The summed E-state index contributed by atoms with van der Waals surface area (Å²) in [5.41, 5.74) is 1.61. The van der Waals surface area contributed by atoms with Crippen molar-refractivity contribution in [3.8, 4) is 0 Å². The second kappa shape index (κ2) is 5.67. The van der Waals surface area contributed by atoms with E-state index in [0.29, 0.717) is 18.5 Å². The van der Waals surface area contributed by atoms with E-state index in [1.165, 1.54) is 0 Å². The second-order valence-corrected chi connectivity index (χ2v) is 5.39. The monoisotopic (exact) mass is 263 g/mol. The van der Waals surface area contributed by atoms with Crippen LogP contribution in [-0.4, -0.2) is 51.0 Å². The topological polar surface area (TPSA) is 69.2 Å². The molecule has 1 aliphatic rings. The van der Waals surface area contributed by atoms with Gasteiger partial charge in [-0.1, -0.05) is 13.5 Å². The van der Waals surface area contributed by atoms with Crippen molar-refractivity contribution in [1.29, 1.82) is 0 Å². The molecule has 19 heavy (non-hydrogen) atoms. The molecule has 1 aromatic heterocycles. The third-order valence-electron chi connectivity index (χ3n) is 3.63. The van der Waals surface area contributed by atoms with Crippen LogP contribution >= 0.6 is 0 Å². The summed E-state index contributed by atoms with van der Waals surface area (Å²) in [5, 5.41) is 9.59. The molecule has 0 spiro atoms. The van der Waals surface area contributed by atoms with Crippen molar-refractivity contribution in [2.24, 2.45) is 5.92 Å². The highest BCUT2D eigenvalue weighted by molar-refractivity contribution is 6.00. The van der Waals surface area contributed by atoms with Gasteiger partial charge >= 0.3 is 0 Å². The molecule has 0 saturated carbocycles. The smallest absolute Gasteiger partial charge is 0.176 e. The van der Waals surface area contributed by atoms with Gasteiger partial charge in [0.1, 0.15) is 0 Å². The molecule has 1 saturated heterocycles. The number of hydrogen-bond acceptors (Lipinski definition) is 4. The number of likely N-dealkylation sites (tertiary alicyclic amines) is 1. The van der Waals surface area contributed by atoms with Crippen molar-refractivity contribution in [3.05, 3.63) is 30.4 Å². The maximum absolute atomic E-state index is 12.4. The number of imidazole rings is 1. The molecule has 3 atom stereocenters. The Balaban J connectivity index is 2.17. The van der Waals surface area contributed by atoms with Gasteiger partial charge in [0.05, 0.1) is 18.5 Å². The number of Topliss-reactive ketones (excluding diaryl/α,β-unsaturated/α-hetero) is 1. The van der Waals surface area contributed by atoms with Crippen LogP contribution < -0.4 is 0 Å². The zero-order chi connectivity index (χ0) is 14.0. The van der Waals surface area contributed by atoms with Crippen LogP contribution in [0.15, 0.2) is 24.7 Å². The normalized spacial score (nSPS) is 26.7. The fourth-order valence-corrected chi connectivity index (χ4v) is 2.58. The van der Waals surface area contributed by atoms with Crippen LogP contribution in [0.5, 0.6) is 0 Å². The summed E-state index contributed by atoms with van der Waals surface area (Å²) in [6.07, 6.45) is 3.47. The van der Waals surface area contributed by atoms with E-state index in [2.05, 4.69) is 16.5 Å². The maximum Gasteiger partial charge on any atom is 0.176 e.